The van der Waals surface area contributed by atoms with Crippen molar-refractivity contribution in [2.45, 2.75) is 141 Å². The molecule has 0 saturated heterocycles. The van der Waals surface area contributed by atoms with Crippen molar-refractivity contribution in [1.82, 2.24) is 10.6 Å². The van der Waals surface area contributed by atoms with Gasteiger partial charge in [0.2, 0.25) is 11.8 Å². The fourth-order valence-electron chi connectivity index (χ4n) is 4.09. The number of carboxylic acids is 1. The molecule has 0 heterocycles. The maximum Gasteiger partial charge on any atom is 0.303 e. The lowest BCUT2D eigenvalue weighted by Crippen LogP contribution is -2.27. The summed E-state index contributed by atoms with van der Waals surface area (Å²) in [5, 5.41) is 14.4. The Balaban J connectivity index is 3.21. The molecule has 0 aliphatic rings. The Morgan fingerprint density at radius 1 is 0.471 bits per heavy atom. The zero-order valence-corrected chi connectivity index (χ0v) is 22.1. The molecule has 6 nitrogen and oxygen atoms in total. The Bertz CT molecular complexity index is 503. The zero-order valence-electron chi connectivity index (χ0n) is 22.1. The molecule has 7 heteroatoms. The van der Waals surface area contributed by atoms with E-state index in [1.807, 2.05) is 0 Å². The van der Waals surface area contributed by atoms with Gasteiger partial charge in [-0.15, -0.1) is 0 Å². The van der Waals surface area contributed by atoms with Crippen molar-refractivity contribution in [2.24, 2.45) is 0 Å². The molecule has 2 amide bonds. The van der Waals surface area contributed by atoms with Crippen LogP contribution in [0.2, 0.25) is 6.32 Å². The number of carbonyl (C=O) groups is 3. The number of nitrogens with one attached hydrogen (secondary N) is 2. The quantitative estimate of drug-likeness (QED) is 0.112. The number of amides is 2. The lowest BCUT2D eigenvalue weighted by Gasteiger charge is -2.06. The Hall–Kier alpha value is -1.53. The predicted octanol–water partition coefficient (Wildman–Crippen LogP) is 5.55. The maximum absolute atomic E-state index is 11.9. The van der Waals surface area contributed by atoms with Gasteiger partial charge in [0.05, 0.1) is 0 Å². The van der Waals surface area contributed by atoms with Crippen LogP contribution in [-0.2, 0) is 14.4 Å². The summed E-state index contributed by atoms with van der Waals surface area (Å²) in [5.74, 6) is -0.473. The summed E-state index contributed by atoms with van der Waals surface area (Å²) in [4.78, 5) is 33.9. The van der Waals surface area contributed by atoms with Gasteiger partial charge in [-0.2, -0.15) is 0 Å². The number of hydrogen-bond acceptors (Lipinski definition) is 3. The first kappa shape index (κ1) is 32.5. The molecule has 0 aliphatic carbocycles. The molecular weight excluding hydrogens is 427 g/mol. The summed E-state index contributed by atoms with van der Waals surface area (Å²) in [5.41, 5.74) is 0. The molecule has 0 aromatic carbocycles. The highest BCUT2D eigenvalue weighted by atomic mass is 16.4. The largest absolute Gasteiger partial charge is 0.481 e. The molecular formula is C27H53BN2O4. The molecule has 0 aromatic rings. The Kier molecular flexibility index (Phi) is 24.9. The van der Waals surface area contributed by atoms with Crippen molar-refractivity contribution in [3.8, 4) is 0 Å². The number of carboxylic acid groups (broad SMARTS) is 1. The molecule has 198 valence electrons. The van der Waals surface area contributed by atoms with E-state index < -0.39 is 5.97 Å². The second-order valence-electron chi connectivity index (χ2n) is 9.71. The molecule has 0 aromatic heterocycles. The van der Waals surface area contributed by atoms with E-state index in [9.17, 15) is 14.4 Å². The van der Waals surface area contributed by atoms with E-state index in [2.05, 4.69) is 18.5 Å². The topological polar surface area (TPSA) is 95.5 Å². The minimum Gasteiger partial charge on any atom is -0.481 e. The van der Waals surface area contributed by atoms with Crippen LogP contribution < -0.4 is 10.6 Å². The Labute approximate surface area is 210 Å². The van der Waals surface area contributed by atoms with Crippen LogP contribution in [0.5, 0.6) is 0 Å². The van der Waals surface area contributed by atoms with Crippen molar-refractivity contribution in [2.75, 3.05) is 13.1 Å². The first-order valence-corrected chi connectivity index (χ1v) is 14.3. The van der Waals surface area contributed by atoms with Crippen LogP contribution in [0.15, 0.2) is 0 Å². The van der Waals surface area contributed by atoms with Gasteiger partial charge in [-0.05, 0) is 25.7 Å². The molecule has 0 rings (SSSR count). The lowest BCUT2D eigenvalue weighted by molar-refractivity contribution is -0.137. The van der Waals surface area contributed by atoms with E-state index in [1.54, 1.807) is 0 Å². The van der Waals surface area contributed by atoms with Crippen LogP contribution >= 0.6 is 0 Å². The molecule has 0 saturated carbocycles. The predicted molar refractivity (Wildman–Crippen MR) is 144 cm³/mol. The second kappa shape index (κ2) is 26.1. The lowest BCUT2D eigenvalue weighted by atomic mass is 10.0. The van der Waals surface area contributed by atoms with Crippen molar-refractivity contribution in [3.63, 3.8) is 0 Å². The van der Waals surface area contributed by atoms with Crippen molar-refractivity contribution in [1.29, 1.82) is 0 Å². The van der Waals surface area contributed by atoms with E-state index in [4.69, 9.17) is 5.11 Å². The molecule has 0 aliphatic heterocycles. The minimum atomic E-state index is -0.673. The smallest absolute Gasteiger partial charge is 0.303 e. The Morgan fingerprint density at radius 2 is 0.794 bits per heavy atom. The summed E-state index contributed by atoms with van der Waals surface area (Å²) < 4.78 is 0. The summed E-state index contributed by atoms with van der Waals surface area (Å²) >= 11 is 0. The van der Waals surface area contributed by atoms with Gasteiger partial charge < -0.3 is 15.7 Å². The number of carbonyl (C=O) groups excluding carboxylic acids is 2. The SMILES string of the molecule is BCCCNC(=O)CCCNC(=O)CCCCCCCCCCCCCCCCCCC(=O)O. The minimum absolute atomic E-state index is 0.0843. The van der Waals surface area contributed by atoms with Crippen molar-refractivity contribution in [3.05, 3.63) is 0 Å². The molecule has 0 atom stereocenters. The summed E-state index contributed by atoms with van der Waals surface area (Å²) in [6, 6.07) is 0. The number of hydrogen-bond donors (Lipinski definition) is 3. The van der Waals surface area contributed by atoms with E-state index in [0.717, 1.165) is 45.0 Å². The number of aliphatic carboxylic acids is 1. The summed E-state index contributed by atoms with van der Waals surface area (Å²) in [6.45, 7) is 1.34. The highest BCUT2D eigenvalue weighted by Gasteiger charge is 2.03. The van der Waals surface area contributed by atoms with Crippen LogP contribution in [0.1, 0.15) is 135 Å². The van der Waals surface area contributed by atoms with E-state index >= 15 is 0 Å². The van der Waals surface area contributed by atoms with Gasteiger partial charge in [-0.25, -0.2) is 0 Å². The van der Waals surface area contributed by atoms with Crippen LogP contribution in [0.25, 0.3) is 0 Å². The highest BCUT2D eigenvalue weighted by Crippen LogP contribution is 2.14. The maximum atomic E-state index is 11.9. The average Bonchev–Trinajstić information content (AvgIpc) is 2.81. The number of rotatable bonds is 26. The third kappa shape index (κ3) is 26.7. The van der Waals surface area contributed by atoms with Gasteiger partial charge in [0.15, 0.2) is 0 Å². The third-order valence-electron chi connectivity index (χ3n) is 6.30. The van der Waals surface area contributed by atoms with Crippen molar-refractivity contribution >= 4 is 25.6 Å². The second-order valence-corrected chi connectivity index (χ2v) is 9.71. The summed E-state index contributed by atoms with van der Waals surface area (Å²) in [6.07, 6.45) is 23.7. The van der Waals surface area contributed by atoms with Crippen LogP contribution in [-0.4, -0.2) is 43.8 Å². The number of unbranched alkanes of at least 4 members (excludes halogenated alkanes) is 15. The fourth-order valence-corrected chi connectivity index (χ4v) is 4.09. The van der Waals surface area contributed by atoms with Gasteiger partial charge in [-0.3, -0.25) is 14.4 Å². The van der Waals surface area contributed by atoms with Gasteiger partial charge in [-0.1, -0.05) is 96.2 Å². The normalized spacial score (nSPS) is 10.8. The van der Waals surface area contributed by atoms with Gasteiger partial charge in [0, 0.05) is 32.4 Å². The standard InChI is InChI=1S/C27H53BN2O4/c28-22-18-24-30-26(32)20-17-23-29-25(31)19-15-13-11-9-7-5-3-1-2-4-6-8-10-12-14-16-21-27(33)34/h1-24,28H2,(H,29,31)(H,30,32)(H,33,34). The monoisotopic (exact) mass is 480 g/mol. The van der Waals surface area contributed by atoms with Crippen molar-refractivity contribution < 1.29 is 19.5 Å². The van der Waals surface area contributed by atoms with E-state index in [0.29, 0.717) is 32.2 Å². The molecule has 34 heavy (non-hydrogen) atoms. The molecule has 0 spiro atoms. The van der Waals surface area contributed by atoms with E-state index in [1.165, 1.54) is 77.0 Å². The fraction of sp³-hybridized carbons (Fsp3) is 0.889. The Morgan fingerprint density at radius 3 is 1.18 bits per heavy atom. The zero-order chi connectivity index (χ0) is 25.1. The average molecular weight is 481 g/mol. The first-order valence-electron chi connectivity index (χ1n) is 14.3. The van der Waals surface area contributed by atoms with Gasteiger partial charge in [0.1, 0.15) is 7.85 Å². The third-order valence-corrected chi connectivity index (χ3v) is 6.30. The molecule has 3 N–H and O–H groups in total. The van der Waals surface area contributed by atoms with Gasteiger partial charge in [0.25, 0.3) is 0 Å². The molecule has 0 unspecified atom stereocenters. The molecule has 0 bridgehead atoms. The first-order chi connectivity index (χ1) is 16.6. The summed E-state index contributed by atoms with van der Waals surface area (Å²) in [7, 11) is 2.10. The van der Waals surface area contributed by atoms with Crippen LogP contribution in [0, 0.1) is 0 Å². The van der Waals surface area contributed by atoms with Gasteiger partial charge >= 0.3 is 5.97 Å². The van der Waals surface area contributed by atoms with E-state index in [-0.39, 0.29) is 11.8 Å². The van der Waals surface area contributed by atoms with Crippen LogP contribution in [0.3, 0.4) is 0 Å². The van der Waals surface area contributed by atoms with Crippen LogP contribution in [0.4, 0.5) is 0 Å². The highest BCUT2D eigenvalue weighted by molar-refractivity contribution is 6.08. The molecule has 0 radical (unpaired) electrons. The molecule has 0 fully saturated rings.